The molecule has 2 atom stereocenters. The minimum absolute atomic E-state index is 0.430. The molecule has 1 aromatic rings. The number of aryl methyl sites for hydroxylation is 3. The smallest absolute Gasteiger partial charge is 0.207 e. The molecule has 0 aliphatic carbocycles. The highest BCUT2D eigenvalue weighted by Crippen LogP contribution is 2.30. The summed E-state index contributed by atoms with van der Waals surface area (Å²) in [4.78, 5) is 0.504. The van der Waals surface area contributed by atoms with Crippen LogP contribution < -0.4 is 0 Å². The van der Waals surface area contributed by atoms with Gasteiger partial charge in [-0.1, -0.05) is 31.5 Å². The van der Waals surface area contributed by atoms with Gasteiger partial charge in [0.15, 0.2) is 0 Å². The van der Waals surface area contributed by atoms with Gasteiger partial charge < -0.3 is 0 Å². The number of nitrogens with zero attached hydrogens (tertiary/aromatic N) is 1. The van der Waals surface area contributed by atoms with Crippen molar-refractivity contribution in [2.24, 2.45) is 11.8 Å². The molecule has 1 saturated heterocycles. The van der Waals surface area contributed by atoms with Crippen LogP contribution in [0.15, 0.2) is 17.0 Å². The van der Waals surface area contributed by atoms with E-state index in [1.807, 2.05) is 32.9 Å². The van der Waals surface area contributed by atoms with Gasteiger partial charge in [0, 0.05) is 13.1 Å². The highest BCUT2D eigenvalue weighted by Gasteiger charge is 2.33. The summed E-state index contributed by atoms with van der Waals surface area (Å²) in [6, 6.07) is 3.91. The lowest BCUT2D eigenvalue weighted by atomic mass is 9.94. The van der Waals surface area contributed by atoms with Crippen molar-refractivity contribution in [2.75, 3.05) is 13.1 Å². The molecule has 0 amide bonds. The molecule has 3 nitrogen and oxygen atoms in total. The van der Waals surface area contributed by atoms with Gasteiger partial charge in [0.05, 0.1) is 4.90 Å². The average Bonchev–Trinajstić information content (AvgIpc) is 2.25. The summed E-state index contributed by atoms with van der Waals surface area (Å²) < 4.78 is 27.6. The summed E-state index contributed by atoms with van der Waals surface area (Å²) >= 11 is 0. The Hall–Kier alpha value is -0.870. The van der Waals surface area contributed by atoms with Crippen molar-refractivity contribution in [2.45, 2.75) is 45.9 Å². The highest BCUT2D eigenvalue weighted by atomic mass is 32.2. The second-order valence-corrected chi connectivity index (χ2v) is 8.37. The Balaban J connectivity index is 2.45. The Morgan fingerprint density at radius 1 is 1.00 bits per heavy atom. The number of benzene rings is 1. The molecule has 1 fully saturated rings. The number of hydrogen-bond donors (Lipinski definition) is 0. The summed E-state index contributed by atoms with van der Waals surface area (Å²) in [5.41, 5.74) is 2.82. The van der Waals surface area contributed by atoms with Gasteiger partial charge in [-0.05, 0) is 50.2 Å². The molecule has 112 valence electrons. The molecule has 0 saturated carbocycles. The zero-order valence-electron chi connectivity index (χ0n) is 13.1. The van der Waals surface area contributed by atoms with Crippen LogP contribution in [0.4, 0.5) is 0 Å². The van der Waals surface area contributed by atoms with Crippen molar-refractivity contribution in [3.8, 4) is 0 Å². The van der Waals surface area contributed by atoms with Crippen molar-refractivity contribution in [3.63, 3.8) is 0 Å². The average molecular weight is 295 g/mol. The molecule has 2 rings (SSSR count). The van der Waals surface area contributed by atoms with E-state index in [2.05, 4.69) is 13.8 Å². The van der Waals surface area contributed by atoms with Crippen molar-refractivity contribution in [1.82, 2.24) is 4.31 Å². The maximum Gasteiger partial charge on any atom is 0.243 e. The molecule has 1 aliphatic heterocycles. The summed E-state index contributed by atoms with van der Waals surface area (Å²) in [6.07, 6.45) is 1.11. The maximum atomic E-state index is 13.0. The number of piperidine rings is 1. The zero-order valence-corrected chi connectivity index (χ0v) is 13.9. The fraction of sp³-hybridized carbons (Fsp3) is 0.625. The molecule has 0 unspecified atom stereocenters. The first-order valence-corrected chi connectivity index (χ1v) is 8.73. The normalized spacial score (nSPS) is 24.9. The zero-order chi connectivity index (χ0) is 15.1. The molecular formula is C16H25NO2S. The molecule has 4 heteroatoms. The van der Waals surface area contributed by atoms with Gasteiger partial charge in [0.25, 0.3) is 0 Å². The molecule has 20 heavy (non-hydrogen) atoms. The van der Waals surface area contributed by atoms with Crippen molar-refractivity contribution in [3.05, 3.63) is 28.8 Å². The number of hydrogen-bond acceptors (Lipinski definition) is 2. The summed E-state index contributed by atoms with van der Waals surface area (Å²) in [5.74, 6) is 0.860. The van der Waals surface area contributed by atoms with Gasteiger partial charge in [-0.25, -0.2) is 8.42 Å². The molecule has 1 aromatic carbocycles. The predicted molar refractivity (Wildman–Crippen MR) is 82.4 cm³/mol. The van der Waals surface area contributed by atoms with E-state index in [9.17, 15) is 8.42 Å². The van der Waals surface area contributed by atoms with Gasteiger partial charge in [0.2, 0.25) is 10.0 Å². The van der Waals surface area contributed by atoms with Crippen LogP contribution in [0.5, 0.6) is 0 Å². The first-order valence-electron chi connectivity index (χ1n) is 7.29. The van der Waals surface area contributed by atoms with E-state index in [1.165, 1.54) is 0 Å². The van der Waals surface area contributed by atoms with E-state index in [4.69, 9.17) is 0 Å². The number of rotatable bonds is 2. The molecular weight excluding hydrogens is 270 g/mol. The Morgan fingerprint density at radius 3 is 1.90 bits per heavy atom. The lowest BCUT2D eigenvalue weighted by Crippen LogP contribution is -2.42. The van der Waals surface area contributed by atoms with Crippen LogP contribution in [0.25, 0.3) is 0 Å². The predicted octanol–water partition coefficient (Wildman–Crippen LogP) is 3.28. The molecule has 1 heterocycles. The maximum absolute atomic E-state index is 13.0. The van der Waals surface area contributed by atoms with Gasteiger partial charge in [-0.2, -0.15) is 4.31 Å². The van der Waals surface area contributed by atoms with Crippen LogP contribution in [0.1, 0.15) is 37.0 Å². The Labute approximate surface area is 123 Å². The van der Waals surface area contributed by atoms with Crippen LogP contribution in [0.3, 0.4) is 0 Å². The third-order valence-corrected chi connectivity index (χ3v) is 6.18. The molecule has 1 aliphatic rings. The van der Waals surface area contributed by atoms with Crippen LogP contribution in [-0.4, -0.2) is 25.8 Å². The van der Waals surface area contributed by atoms with E-state index in [0.717, 1.165) is 23.1 Å². The van der Waals surface area contributed by atoms with E-state index >= 15 is 0 Å². The fourth-order valence-electron chi connectivity index (χ4n) is 3.50. The van der Waals surface area contributed by atoms with Gasteiger partial charge in [-0.15, -0.1) is 0 Å². The van der Waals surface area contributed by atoms with Crippen LogP contribution >= 0.6 is 0 Å². The van der Waals surface area contributed by atoms with Gasteiger partial charge >= 0.3 is 0 Å². The minimum atomic E-state index is -3.37. The first kappa shape index (κ1) is 15.5. The quantitative estimate of drug-likeness (QED) is 0.839. The minimum Gasteiger partial charge on any atom is -0.207 e. The van der Waals surface area contributed by atoms with Crippen molar-refractivity contribution < 1.29 is 8.42 Å². The summed E-state index contributed by atoms with van der Waals surface area (Å²) in [6.45, 7) is 11.3. The third kappa shape index (κ3) is 2.91. The molecule has 0 spiro atoms. The van der Waals surface area contributed by atoms with E-state index < -0.39 is 10.0 Å². The van der Waals surface area contributed by atoms with Crippen LogP contribution in [-0.2, 0) is 10.0 Å². The highest BCUT2D eigenvalue weighted by molar-refractivity contribution is 7.89. The third-order valence-electron chi connectivity index (χ3n) is 4.04. The van der Waals surface area contributed by atoms with E-state index in [0.29, 0.717) is 29.8 Å². The van der Waals surface area contributed by atoms with Gasteiger partial charge in [-0.3, -0.25) is 0 Å². The monoisotopic (exact) mass is 295 g/mol. The fourth-order valence-corrected chi connectivity index (χ4v) is 5.60. The largest absolute Gasteiger partial charge is 0.243 e. The molecule has 0 aromatic heterocycles. The van der Waals surface area contributed by atoms with E-state index in [1.54, 1.807) is 4.31 Å². The second-order valence-electron chi connectivity index (χ2n) is 6.50. The molecule has 0 N–H and O–H groups in total. The lowest BCUT2D eigenvalue weighted by molar-refractivity contribution is 0.222. The Bertz CT molecular complexity index is 574. The SMILES string of the molecule is Cc1cc(C)c(S(=O)(=O)N2C[C@@H](C)C[C@H](C)C2)c(C)c1. The second kappa shape index (κ2) is 5.49. The molecule has 0 radical (unpaired) electrons. The molecule has 0 bridgehead atoms. The van der Waals surface area contributed by atoms with Crippen LogP contribution in [0, 0.1) is 32.6 Å². The Morgan fingerprint density at radius 2 is 1.45 bits per heavy atom. The topological polar surface area (TPSA) is 37.4 Å². The van der Waals surface area contributed by atoms with Gasteiger partial charge in [0.1, 0.15) is 0 Å². The van der Waals surface area contributed by atoms with Crippen molar-refractivity contribution >= 4 is 10.0 Å². The summed E-state index contributed by atoms with van der Waals surface area (Å²) in [5, 5.41) is 0. The lowest BCUT2D eigenvalue weighted by Gasteiger charge is -2.34. The number of sulfonamides is 1. The van der Waals surface area contributed by atoms with Crippen LogP contribution in [0.2, 0.25) is 0 Å². The summed E-state index contributed by atoms with van der Waals surface area (Å²) in [7, 11) is -3.37. The Kier molecular flexibility index (Phi) is 4.26. The van der Waals surface area contributed by atoms with E-state index in [-0.39, 0.29) is 0 Å². The standard InChI is InChI=1S/C16H25NO2S/c1-11-7-14(4)16(15(5)8-11)20(18,19)17-9-12(2)6-13(3)10-17/h7-8,12-13H,6,9-10H2,1-5H3/t12-,13-/m0/s1. The first-order chi connectivity index (χ1) is 9.21. The van der Waals surface area contributed by atoms with Crippen molar-refractivity contribution in [1.29, 1.82) is 0 Å².